The summed E-state index contributed by atoms with van der Waals surface area (Å²) in [6, 6.07) is 20.3. The Morgan fingerprint density at radius 2 is 1.26 bits per heavy atom. The average Bonchev–Trinajstić information content (AvgIpc) is 3.26. The van der Waals surface area contributed by atoms with Crippen molar-refractivity contribution in [2.45, 2.75) is 26.7 Å². The maximum atomic E-state index is 5.89. The lowest BCUT2D eigenvalue weighted by molar-refractivity contribution is 0.953. The van der Waals surface area contributed by atoms with E-state index in [1.54, 1.807) is 6.07 Å². The number of rotatable bonds is 4. The summed E-state index contributed by atoms with van der Waals surface area (Å²) in [6.07, 6.45) is 1.49. The second-order valence-corrected chi connectivity index (χ2v) is 8.54. The van der Waals surface area contributed by atoms with Crippen molar-refractivity contribution in [2.24, 2.45) is 0 Å². The number of aromatic amines is 1. The molecular formula is C26H29N9. The quantitative estimate of drug-likeness (QED) is 0.267. The third-order valence-corrected chi connectivity index (χ3v) is 5.54. The van der Waals surface area contributed by atoms with E-state index in [0.717, 1.165) is 23.1 Å². The van der Waals surface area contributed by atoms with Crippen LogP contribution in [0.2, 0.25) is 0 Å². The summed E-state index contributed by atoms with van der Waals surface area (Å²) in [5, 5.41) is 10.7. The molecule has 2 aromatic carbocycles. The number of nitrogens with one attached hydrogen (secondary N) is 1. The average molecular weight is 468 g/mol. The van der Waals surface area contributed by atoms with E-state index in [-0.39, 0.29) is 0 Å². The lowest BCUT2D eigenvalue weighted by Crippen LogP contribution is -2.05. The van der Waals surface area contributed by atoms with E-state index in [1.807, 2.05) is 12.1 Å². The van der Waals surface area contributed by atoms with Gasteiger partial charge in [0.1, 0.15) is 23.0 Å². The van der Waals surface area contributed by atoms with Gasteiger partial charge in [0.2, 0.25) is 5.65 Å². The number of pyridine rings is 2. The minimum absolute atomic E-state index is 0.299. The summed E-state index contributed by atoms with van der Waals surface area (Å²) in [5.74, 6) is 1.17. The van der Waals surface area contributed by atoms with Gasteiger partial charge in [-0.05, 0) is 61.1 Å². The normalized spacial score (nSPS) is 10.7. The highest BCUT2D eigenvalue weighted by molar-refractivity contribution is 5.76. The minimum Gasteiger partial charge on any atom is -0.396 e. The van der Waals surface area contributed by atoms with E-state index in [0.29, 0.717) is 35.2 Å². The van der Waals surface area contributed by atoms with Gasteiger partial charge in [0.25, 0.3) is 0 Å². The van der Waals surface area contributed by atoms with Crippen molar-refractivity contribution in [2.75, 3.05) is 22.9 Å². The van der Waals surface area contributed by atoms with Gasteiger partial charge in [-0.1, -0.05) is 59.7 Å². The summed E-state index contributed by atoms with van der Waals surface area (Å²) in [5.41, 5.74) is 31.7. The van der Waals surface area contributed by atoms with Crippen LogP contribution in [0.15, 0.2) is 60.7 Å². The Bertz CT molecular complexity index is 1470. The number of aromatic nitrogens is 5. The molecule has 9 heteroatoms. The summed E-state index contributed by atoms with van der Waals surface area (Å²) >= 11 is 0. The van der Waals surface area contributed by atoms with Gasteiger partial charge >= 0.3 is 0 Å². The van der Waals surface area contributed by atoms with Gasteiger partial charge in [0, 0.05) is 0 Å². The molecular weight excluding hydrogens is 438 g/mol. The van der Waals surface area contributed by atoms with E-state index in [9.17, 15) is 0 Å². The molecule has 0 saturated carbocycles. The van der Waals surface area contributed by atoms with Crippen LogP contribution in [-0.2, 0) is 12.8 Å². The number of benzene rings is 2. The van der Waals surface area contributed by atoms with Gasteiger partial charge in [-0.2, -0.15) is 10.3 Å². The van der Waals surface area contributed by atoms with E-state index in [4.69, 9.17) is 22.9 Å². The molecule has 0 aliphatic rings. The number of hydrogen-bond acceptors (Lipinski definition) is 8. The summed E-state index contributed by atoms with van der Waals surface area (Å²) < 4.78 is 0. The Morgan fingerprint density at radius 3 is 1.89 bits per heavy atom. The van der Waals surface area contributed by atoms with Crippen molar-refractivity contribution in [1.29, 1.82) is 0 Å². The van der Waals surface area contributed by atoms with Gasteiger partial charge in [-0.25, -0.2) is 9.97 Å². The molecule has 0 bridgehead atoms. The predicted molar refractivity (Wildman–Crippen MR) is 142 cm³/mol. The van der Waals surface area contributed by atoms with Gasteiger partial charge in [0.15, 0.2) is 0 Å². The topological polar surface area (TPSA) is 171 Å². The highest BCUT2D eigenvalue weighted by Crippen LogP contribution is 2.23. The molecule has 0 atom stereocenters. The molecule has 0 saturated heterocycles. The highest BCUT2D eigenvalue weighted by Gasteiger charge is 2.09. The second-order valence-electron chi connectivity index (χ2n) is 8.54. The predicted octanol–water partition coefficient (Wildman–Crippen LogP) is 3.56. The number of fused-ring (bicyclic) bond motifs is 1. The van der Waals surface area contributed by atoms with Crippen LogP contribution in [0.1, 0.15) is 33.4 Å². The molecule has 5 aromatic rings. The van der Waals surface area contributed by atoms with Crippen LogP contribution in [0.5, 0.6) is 0 Å². The molecule has 0 radical (unpaired) electrons. The summed E-state index contributed by atoms with van der Waals surface area (Å²) in [7, 11) is 0. The van der Waals surface area contributed by atoms with Gasteiger partial charge in [-0.15, -0.1) is 5.10 Å². The molecule has 0 aliphatic carbocycles. The second kappa shape index (κ2) is 10.1. The monoisotopic (exact) mass is 467 g/mol. The molecule has 3 heterocycles. The van der Waals surface area contributed by atoms with E-state index >= 15 is 0 Å². The molecule has 0 aliphatic heterocycles. The molecule has 9 N–H and O–H groups in total. The first kappa shape index (κ1) is 23.5. The number of hydrogen-bond donors (Lipinski definition) is 5. The first-order valence-electron chi connectivity index (χ1n) is 11.2. The van der Waals surface area contributed by atoms with Gasteiger partial charge in [-0.3, -0.25) is 0 Å². The zero-order chi connectivity index (χ0) is 24.9. The molecule has 178 valence electrons. The fourth-order valence-corrected chi connectivity index (χ4v) is 3.94. The number of aryl methyl sites for hydroxylation is 2. The number of H-pyrrole nitrogens is 1. The van der Waals surface area contributed by atoms with Crippen LogP contribution in [0.25, 0.3) is 11.2 Å². The van der Waals surface area contributed by atoms with Crippen LogP contribution in [0, 0.1) is 13.8 Å². The van der Waals surface area contributed by atoms with Crippen LogP contribution >= 0.6 is 0 Å². The summed E-state index contributed by atoms with van der Waals surface area (Å²) in [4.78, 5) is 8.05. The first-order chi connectivity index (χ1) is 16.8. The Labute approximate surface area is 203 Å². The molecule has 0 spiro atoms. The smallest absolute Gasteiger partial charge is 0.203 e. The third-order valence-electron chi connectivity index (χ3n) is 5.54. The number of nitrogen functional groups attached to an aromatic ring is 4. The highest BCUT2D eigenvalue weighted by atomic mass is 15.3. The van der Waals surface area contributed by atoms with Crippen LogP contribution < -0.4 is 22.9 Å². The molecule has 5 rings (SSSR count). The molecule has 9 nitrogen and oxygen atoms in total. The zero-order valence-corrected chi connectivity index (χ0v) is 19.8. The lowest BCUT2D eigenvalue weighted by atomic mass is 10.0. The van der Waals surface area contributed by atoms with Crippen molar-refractivity contribution in [3.63, 3.8) is 0 Å². The Balaban J connectivity index is 0.000000165. The van der Waals surface area contributed by atoms with Crippen molar-refractivity contribution in [3.05, 3.63) is 94.0 Å². The van der Waals surface area contributed by atoms with Crippen molar-refractivity contribution in [3.8, 4) is 0 Å². The zero-order valence-electron chi connectivity index (χ0n) is 19.8. The minimum atomic E-state index is 0.299. The SMILES string of the molecule is Cc1cccc(Cc2cc(N)nc(N)c2N)c1.Cc1cccc(Cc2cc(N)nc3n[nH]nc23)c1. The number of nitrogens with zero attached hydrogens (tertiary/aromatic N) is 4. The fourth-order valence-electron chi connectivity index (χ4n) is 3.94. The largest absolute Gasteiger partial charge is 0.396 e. The third kappa shape index (κ3) is 5.83. The number of anilines is 4. The maximum Gasteiger partial charge on any atom is 0.203 e. The van der Waals surface area contributed by atoms with Crippen molar-refractivity contribution >= 4 is 34.3 Å². The van der Waals surface area contributed by atoms with Gasteiger partial charge in [0.05, 0.1) is 5.69 Å². The van der Waals surface area contributed by atoms with E-state index in [2.05, 4.69) is 81.7 Å². The fraction of sp³-hybridized carbons (Fsp3) is 0.154. The number of nitrogens with two attached hydrogens (primary N) is 4. The van der Waals surface area contributed by atoms with Crippen LogP contribution in [-0.4, -0.2) is 25.4 Å². The molecule has 0 fully saturated rings. The first-order valence-corrected chi connectivity index (χ1v) is 11.2. The van der Waals surface area contributed by atoms with E-state index < -0.39 is 0 Å². The Kier molecular flexibility index (Phi) is 6.77. The molecule has 35 heavy (non-hydrogen) atoms. The van der Waals surface area contributed by atoms with Crippen molar-refractivity contribution < 1.29 is 0 Å². The van der Waals surface area contributed by atoms with Crippen LogP contribution in [0.3, 0.4) is 0 Å². The Morgan fingerprint density at radius 1 is 0.686 bits per heavy atom. The maximum absolute atomic E-state index is 5.89. The lowest BCUT2D eigenvalue weighted by Gasteiger charge is -2.09. The van der Waals surface area contributed by atoms with Crippen molar-refractivity contribution in [1.82, 2.24) is 25.4 Å². The van der Waals surface area contributed by atoms with Gasteiger partial charge < -0.3 is 22.9 Å². The molecule has 0 unspecified atom stereocenters. The summed E-state index contributed by atoms with van der Waals surface area (Å²) in [6.45, 7) is 4.14. The Hall–Kier alpha value is -4.66. The molecule has 0 amide bonds. The standard InChI is InChI=1S/C13H13N5.C13H16N4/c1-8-3-2-4-9(5-8)6-10-7-11(14)15-13-12(10)16-18-17-13;1-8-3-2-4-9(5-8)6-10-7-11(14)17-13(16)12(10)15/h2-5,7H,6H2,1H3,(H3,14,15,16,17,18);2-5,7H,6,15H2,1H3,(H4,14,16,17). The van der Waals surface area contributed by atoms with Crippen LogP contribution in [0.4, 0.5) is 23.1 Å². The molecule has 3 aromatic heterocycles. The van der Waals surface area contributed by atoms with E-state index in [1.165, 1.54) is 22.3 Å².